The Kier molecular flexibility index (Phi) is 3.79. The van der Waals surface area contributed by atoms with E-state index in [0.717, 1.165) is 11.4 Å². The number of carbonyl (C=O) groups is 1. The molecule has 0 radical (unpaired) electrons. The van der Waals surface area contributed by atoms with Crippen LogP contribution in [0.1, 0.15) is 15.9 Å². The smallest absolute Gasteiger partial charge is 0.255 e. The monoisotopic (exact) mass is 259 g/mol. The molecule has 19 heavy (non-hydrogen) atoms. The Morgan fingerprint density at radius 3 is 2.58 bits per heavy atom. The lowest BCUT2D eigenvalue weighted by Gasteiger charge is -2.17. The van der Waals surface area contributed by atoms with Crippen LogP contribution in [0.3, 0.4) is 0 Å². The minimum Gasteiger partial charge on any atom is -0.363 e. The summed E-state index contributed by atoms with van der Waals surface area (Å²) in [5.74, 6) is 0.771. The summed E-state index contributed by atoms with van der Waals surface area (Å²) in [5.41, 5.74) is 1.55. The van der Waals surface area contributed by atoms with Crippen molar-refractivity contribution in [1.29, 1.82) is 0 Å². The first kappa shape index (κ1) is 13.1. The molecule has 0 aliphatic heterocycles. The lowest BCUT2D eigenvalue weighted by molar-refractivity contribution is 0.0784. The molecule has 6 nitrogen and oxygen atoms in total. The van der Waals surface area contributed by atoms with Crippen LogP contribution >= 0.6 is 0 Å². The highest BCUT2D eigenvalue weighted by Gasteiger charge is 2.13. The second-order valence-corrected chi connectivity index (χ2v) is 4.57. The summed E-state index contributed by atoms with van der Waals surface area (Å²) >= 11 is 0. The number of anilines is 1. The van der Waals surface area contributed by atoms with E-state index in [1.165, 1.54) is 0 Å². The van der Waals surface area contributed by atoms with Crippen molar-refractivity contribution < 1.29 is 4.79 Å². The fourth-order valence-corrected chi connectivity index (χ4v) is 1.71. The van der Waals surface area contributed by atoms with Crippen LogP contribution < -0.4 is 4.90 Å². The molecule has 2 aromatic heterocycles. The van der Waals surface area contributed by atoms with Crippen molar-refractivity contribution in [1.82, 2.24) is 20.1 Å². The highest BCUT2D eigenvalue weighted by atomic mass is 16.2. The van der Waals surface area contributed by atoms with Crippen LogP contribution in [-0.4, -0.2) is 47.1 Å². The summed E-state index contributed by atoms with van der Waals surface area (Å²) in [7, 11) is 5.58. The lowest BCUT2D eigenvalue weighted by atomic mass is 10.2. The third-order valence-electron chi connectivity index (χ3n) is 2.77. The molecule has 0 unspecified atom stereocenters. The number of nitrogens with one attached hydrogen (secondary N) is 1. The van der Waals surface area contributed by atoms with Crippen molar-refractivity contribution in [2.75, 3.05) is 26.0 Å². The van der Waals surface area contributed by atoms with Gasteiger partial charge in [0, 0.05) is 45.6 Å². The molecule has 1 amide bonds. The molecular weight excluding hydrogens is 242 g/mol. The molecule has 0 spiro atoms. The Labute approximate surface area is 112 Å². The Hall–Kier alpha value is -2.37. The Bertz CT molecular complexity index is 533. The molecule has 0 fully saturated rings. The van der Waals surface area contributed by atoms with Gasteiger partial charge in [-0.3, -0.25) is 9.89 Å². The van der Waals surface area contributed by atoms with Crippen LogP contribution in [-0.2, 0) is 6.54 Å². The summed E-state index contributed by atoms with van der Waals surface area (Å²) in [6.07, 6.45) is 5.08. The van der Waals surface area contributed by atoms with E-state index in [1.54, 1.807) is 36.6 Å². The van der Waals surface area contributed by atoms with Gasteiger partial charge in [-0.15, -0.1) is 0 Å². The van der Waals surface area contributed by atoms with Gasteiger partial charge in [0.1, 0.15) is 5.82 Å². The Morgan fingerprint density at radius 1 is 1.26 bits per heavy atom. The first-order chi connectivity index (χ1) is 9.08. The van der Waals surface area contributed by atoms with E-state index in [0.29, 0.717) is 12.1 Å². The molecule has 6 heteroatoms. The maximum Gasteiger partial charge on any atom is 0.255 e. The fourth-order valence-electron chi connectivity index (χ4n) is 1.71. The van der Waals surface area contributed by atoms with Gasteiger partial charge in [0.15, 0.2) is 0 Å². The maximum absolute atomic E-state index is 12.2. The largest absolute Gasteiger partial charge is 0.363 e. The highest BCUT2D eigenvalue weighted by Crippen LogP contribution is 2.10. The van der Waals surface area contributed by atoms with Gasteiger partial charge in [-0.1, -0.05) is 0 Å². The van der Waals surface area contributed by atoms with Gasteiger partial charge in [-0.25, -0.2) is 4.98 Å². The number of hydrogen-bond donors (Lipinski definition) is 1. The average molecular weight is 259 g/mol. The summed E-state index contributed by atoms with van der Waals surface area (Å²) in [6, 6.07) is 3.62. The third kappa shape index (κ3) is 3.09. The lowest BCUT2D eigenvalue weighted by Crippen LogP contribution is -2.26. The molecule has 1 N–H and O–H groups in total. The zero-order valence-corrected chi connectivity index (χ0v) is 11.3. The van der Waals surface area contributed by atoms with E-state index in [1.807, 2.05) is 25.1 Å². The zero-order valence-electron chi connectivity index (χ0n) is 11.3. The minimum atomic E-state index is -0.0565. The van der Waals surface area contributed by atoms with Crippen molar-refractivity contribution in [2.24, 2.45) is 0 Å². The first-order valence-electron chi connectivity index (χ1n) is 5.94. The summed E-state index contributed by atoms with van der Waals surface area (Å²) in [6.45, 7) is 0.519. The topological polar surface area (TPSA) is 65.1 Å². The number of nitrogens with zero attached hydrogens (tertiary/aromatic N) is 4. The molecular formula is C13H17N5O. The van der Waals surface area contributed by atoms with Gasteiger partial charge in [0.2, 0.25) is 0 Å². The van der Waals surface area contributed by atoms with E-state index in [4.69, 9.17) is 0 Å². The van der Waals surface area contributed by atoms with Crippen LogP contribution in [0.25, 0.3) is 0 Å². The van der Waals surface area contributed by atoms with Gasteiger partial charge in [-0.2, -0.15) is 5.10 Å². The normalized spacial score (nSPS) is 10.3. The van der Waals surface area contributed by atoms with Crippen molar-refractivity contribution in [2.45, 2.75) is 6.54 Å². The molecule has 0 aromatic carbocycles. The molecule has 2 rings (SSSR count). The standard InChI is InChI=1S/C13H17N5O/c1-17(2)12-5-4-11(8-14-12)13(19)18(3)9-10-6-15-16-7-10/h4-8H,9H2,1-3H3,(H,15,16). The van der Waals surface area contributed by atoms with Crippen molar-refractivity contribution >= 4 is 11.7 Å². The maximum atomic E-state index is 12.2. The van der Waals surface area contributed by atoms with Gasteiger partial charge in [0.05, 0.1) is 11.8 Å². The van der Waals surface area contributed by atoms with Crippen LogP contribution in [0.15, 0.2) is 30.7 Å². The number of H-pyrrole nitrogens is 1. The second-order valence-electron chi connectivity index (χ2n) is 4.57. The van der Waals surface area contributed by atoms with E-state index in [9.17, 15) is 4.79 Å². The number of rotatable bonds is 4. The predicted octanol–water partition coefficient (Wildman–Crippen LogP) is 1.14. The molecule has 0 saturated carbocycles. The number of hydrogen-bond acceptors (Lipinski definition) is 4. The SMILES string of the molecule is CN(Cc1cn[nH]c1)C(=O)c1ccc(N(C)C)nc1. The number of pyridine rings is 1. The number of aromatic nitrogens is 3. The van der Waals surface area contributed by atoms with Gasteiger partial charge >= 0.3 is 0 Å². The van der Waals surface area contributed by atoms with E-state index >= 15 is 0 Å². The van der Waals surface area contributed by atoms with Crippen LogP contribution in [0.2, 0.25) is 0 Å². The van der Waals surface area contributed by atoms with Gasteiger partial charge < -0.3 is 9.80 Å². The molecule has 0 bridgehead atoms. The molecule has 100 valence electrons. The Balaban J connectivity index is 2.06. The van der Waals surface area contributed by atoms with Crippen molar-refractivity contribution in [3.05, 3.63) is 41.9 Å². The molecule has 0 aliphatic rings. The van der Waals surface area contributed by atoms with Gasteiger partial charge in [-0.05, 0) is 12.1 Å². The summed E-state index contributed by atoms with van der Waals surface area (Å²) in [4.78, 5) is 20.0. The van der Waals surface area contributed by atoms with Crippen LogP contribution in [0, 0.1) is 0 Å². The van der Waals surface area contributed by atoms with Crippen molar-refractivity contribution in [3.63, 3.8) is 0 Å². The van der Waals surface area contributed by atoms with E-state index in [2.05, 4.69) is 15.2 Å². The number of aromatic amines is 1. The zero-order chi connectivity index (χ0) is 13.8. The molecule has 2 aromatic rings. The quantitative estimate of drug-likeness (QED) is 0.894. The minimum absolute atomic E-state index is 0.0565. The van der Waals surface area contributed by atoms with E-state index in [-0.39, 0.29) is 5.91 Å². The molecule has 0 atom stereocenters. The predicted molar refractivity (Wildman–Crippen MR) is 72.9 cm³/mol. The van der Waals surface area contributed by atoms with Gasteiger partial charge in [0.25, 0.3) is 5.91 Å². The number of amides is 1. The number of carbonyl (C=O) groups excluding carboxylic acids is 1. The molecule has 2 heterocycles. The third-order valence-corrected chi connectivity index (χ3v) is 2.77. The molecule has 0 saturated heterocycles. The second kappa shape index (κ2) is 5.51. The van der Waals surface area contributed by atoms with Crippen LogP contribution in [0.5, 0.6) is 0 Å². The van der Waals surface area contributed by atoms with E-state index < -0.39 is 0 Å². The highest BCUT2D eigenvalue weighted by molar-refractivity contribution is 5.93. The molecule has 0 aliphatic carbocycles. The average Bonchev–Trinajstić information content (AvgIpc) is 2.90. The first-order valence-corrected chi connectivity index (χ1v) is 5.94. The fraction of sp³-hybridized carbons (Fsp3) is 0.308. The Morgan fingerprint density at radius 2 is 2.05 bits per heavy atom. The summed E-state index contributed by atoms with van der Waals surface area (Å²) in [5, 5.41) is 6.59. The van der Waals surface area contributed by atoms with Crippen LogP contribution in [0.4, 0.5) is 5.82 Å². The van der Waals surface area contributed by atoms with Crippen molar-refractivity contribution in [3.8, 4) is 0 Å². The summed E-state index contributed by atoms with van der Waals surface area (Å²) < 4.78 is 0.